The lowest BCUT2D eigenvalue weighted by molar-refractivity contribution is 0.0629. The molecule has 8 heteroatoms. The molecule has 1 N–H and O–H groups in total. The topological polar surface area (TPSA) is 89.9 Å². The van der Waals surface area contributed by atoms with E-state index >= 15 is 0 Å². The van der Waals surface area contributed by atoms with Crippen LogP contribution >= 0.6 is 0 Å². The lowest BCUT2D eigenvalue weighted by atomic mass is 10.0. The first kappa shape index (κ1) is 25.8. The number of aromatic nitrogens is 3. The van der Waals surface area contributed by atoms with Gasteiger partial charge in [0, 0.05) is 55.6 Å². The van der Waals surface area contributed by atoms with Crippen molar-refractivity contribution in [3.05, 3.63) is 77.7 Å². The molecule has 0 aliphatic carbocycles. The number of fused-ring (bicyclic) bond motifs is 1. The minimum Gasteiger partial charge on any atom is -0.488 e. The Morgan fingerprint density at radius 1 is 1.08 bits per heavy atom. The zero-order valence-electron chi connectivity index (χ0n) is 21.7. The number of ether oxygens (including phenoxy) is 1. The van der Waals surface area contributed by atoms with Crippen LogP contribution in [0.3, 0.4) is 0 Å². The van der Waals surface area contributed by atoms with E-state index in [0.29, 0.717) is 16.8 Å². The number of pyridine rings is 2. The van der Waals surface area contributed by atoms with Crippen molar-refractivity contribution in [1.29, 1.82) is 5.26 Å². The fourth-order valence-corrected chi connectivity index (χ4v) is 4.58. The number of nitrogens with zero attached hydrogens (tertiary/aromatic N) is 6. The van der Waals surface area contributed by atoms with Crippen LogP contribution < -0.4 is 9.64 Å². The molecule has 0 saturated carbocycles. The van der Waals surface area contributed by atoms with Gasteiger partial charge in [0.1, 0.15) is 24.2 Å². The van der Waals surface area contributed by atoms with Gasteiger partial charge in [-0.05, 0) is 42.8 Å². The van der Waals surface area contributed by atoms with Crippen molar-refractivity contribution in [2.75, 3.05) is 37.7 Å². The van der Waals surface area contributed by atoms with Gasteiger partial charge in [-0.25, -0.2) is 9.50 Å². The van der Waals surface area contributed by atoms with Crippen molar-refractivity contribution in [3.63, 3.8) is 0 Å². The molecule has 1 unspecified atom stereocenters. The van der Waals surface area contributed by atoms with E-state index in [0.717, 1.165) is 55.2 Å². The van der Waals surface area contributed by atoms with Gasteiger partial charge in [-0.3, -0.25) is 4.90 Å². The van der Waals surface area contributed by atoms with Gasteiger partial charge in [0.05, 0.1) is 23.5 Å². The minimum absolute atomic E-state index is 0.0831. The van der Waals surface area contributed by atoms with Crippen LogP contribution in [0.2, 0.25) is 0 Å². The molecule has 1 atom stereocenters. The second-order valence-electron chi connectivity index (χ2n) is 9.77. The molecule has 1 aliphatic heterocycles. The molecule has 8 nitrogen and oxygen atoms in total. The van der Waals surface area contributed by atoms with Gasteiger partial charge in [-0.15, -0.1) is 12.8 Å². The maximum atomic E-state index is 10.1. The number of aliphatic hydroxyl groups is 1. The second kappa shape index (κ2) is 10.9. The number of nitriles is 1. The minimum atomic E-state index is -1.41. The van der Waals surface area contributed by atoms with Crippen molar-refractivity contribution >= 4 is 11.3 Å². The number of hydrogen-bond donors (Lipinski definition) is 1. The van der Waals surface area contributed by atoms with E-state index in [1.165, 1.54) is 18.7 Å². The standard InChI is InChI=1S/C31H28N6O2/c1-4-23-6-8-24(9-7-23)20-35-12-14-36(15-13-35)29-11-10-25(18-33-29)28-16-27(39-22-31(3,38)5-2)21-37-30(28)26(17-32)19-34-37/h1-2,6-11,16,18-19,21,38H,12-15,20,22H2,3H3. The molecule has 0 bridgehead atoms. The highest BCUT2D eigenvalue weighted by atomic mass is 16.5. The van der Waals surface area contributed by atoms with E-state index < -0.39 is 5.60 Å². The molecular formula is C31H28N6O2. The van der Waals surface area contributed by atoms with Crippen LogP contribution in [0.25, 0.3) is 16.6 Å². The lowest BCUT2D eigenvalue weighted by Crippen LogP contribution is -2.46. The molecular weight excluding hydrogens is 488 g/mol. The molecule has 0 spiro atoms. The fourth-order valence-electron chi connectivity index (χ4n) is 4.58. The van der Waals surface area contributed by atoms with Crippen LogP contribution in [0.1, 0.15) is 23.6 Å². The first-order valence-corrected chi connectivity index (χ1v) is 12.6. The van der Waals surface area contributed by atoms with Crippen molar-refractivity contribution < 1.29 is 9.84 Å². The van der Waals surface area contributed by atoms with Crippen molar-refractivity contribution in [2.45, 2.75) is 19.1 Å². The summed E-state index contributed by atoms with van der Waals surface area (Å²) in [5.41, 5.74) is 3.42. The smallest absolute Gasteiger partial charge is 0.156 e. The summed E-state index contributed by atoms with van der Waals surface area (Å²) in [7, 11) is 0. The van der Waals surface area contributed by atoms with E-state index in [2.05, 4.69) is 44.9 Å². The van der Waals surface area contributed by atoms with Crippen LogP contribution in [0.5, 0.6) is 5.75 Å². The zero-order valence-corrected chi connectivity index (χ0v) is 21.7. The number of hydrogen-bond acceptors (Lipinski definition) is 7. The quantitative estimate of drug-likeness (QED) is 0.377. The Hall–Kier alpha value is -4.81. The van der Waals surface area contributed by atoms with Crippen LogP contribution in [0, 0.1) is 36.0 Å². The summed E-state index contributed by atoms with van der Waals surface area (Å²) in [6, 6.07) is 16.2. The number of terminal acetylenes is 2. The molecule has 4 heterocycles. The van der Waals surface area contributed by atoms with Gasteiger partial charge in [-0.1, -0.05) is 24.0 Å². The fraction of sp³-hybridized carbons (Fsp3) is 0.258. The largest absolute Gasteiger partial charge is 0.488 e. The van der Waals surface area contributed by atoms with Crippen molar-refractivity contribution in [1.82, 2.24) is 19.5 Å². The Kier molecular flexibility index (Phi) is 7.21. The SMILES string of the molecule is C#Cc1ccc(CN2CCN(c3ccc(-c4cc(OCC(C)(O)C#C)cn5ncc(C#N)c45)cn3)CC2)cc1. The summed E-state index contributed by atoms with van der Waals surface area (Å²) < 4.78 is 7.38. The summed E-state index contributed by atoms with van der Waals surface area (Å²) in [6.07, 6.45) is 15.8. The van der Waals surface area contributed by atoms with Gasteiger partial charge in [0.2, 0.25) is 0 Å². The molecule has 1 fully saturated rings. The molecule has 1 saturated heterocycles. The Morgan fingerprint density at radius 3 is 2.49 bits per heavy atom. The van der Waals surface area contributed by atoms with Crippen molar-refractivity contribution in [2.24, 2.45) is 0 Å². The highest BCUT2D eigenvalue weighted by molar-refractivity contribution is 5.85. The van der Waals surface area contributed by atoms with Crippen molar-refractivity contribution in [3.8, 4) is 47.6 Å². The van der Waals surface area contributed by atoms with Crippen LogP contribution in [0.15, 0.2) is 61.1 Å². The van der Waals surface area contributed by atoms with Gasteiger partial charge in [0.25, 0.3) is 0 Å². The number of anilines is 1. The van der Waals surface area contributed by atoms with Gasteiger partial charge < -0.3 is 14.7 Å². The third-order valence-electron chi connectivity index (χ3n) is 6.82. The summed E-state index contributed by atoms with van der Waals surface area (Å²) in [4.78, 5) is 9.46. The van der Waals surface area contributed by atoms with E-state index in [4.69, 9.17) is 22.6 Å². The third kappa shape index (κ3) is 5.71. The van der Waals surface area contributed by atoms with Crippen LogP contribution in [-0.4, -0.2) is 63.0 Å². The molecule has 4 aromatic rings. The summed E-state index contributed by atoms with van der Waals surface area (Å²) in [5, 5.41) is 24.1. The van der Waals surface area contributed by atoms with Crippen LogP contribution in [-0.2, 0) is 6.54 Å². The number of piperazine rings is 1. The molecule has 3 aromatic heterocycles. The summed E-state index contributed by atoms with van der Waals surface area (Å²) >= 11 is 0. The molecule has 194 valence electrons. The molecule has 0 amide bonds. The Morgan fingerprint density at radius 2 is 1.85 bits per heavy atom. The second-order valence-corrected chi connectivity index (χ2v) is 9.77. The maximum Gasteiger partial charge on any atom is 0.156 e. The zero-order chi connectivity index (χ0) is 27.4. The molecule has 1 aromatic carbocycles. The Balaban J connectivity index is 1.31. The normalized spacial score (nSPS) is 15.2. The van der Waals surface area contributed by atoms with Gasteiger partial charge in [0.15, 0.2) is 5.60 Å². The van der Waals surface area contributed by atoms with E-state index in [1.54, 1.807) is 16.9 Å². The molecule has 0 radical (unpaired) electrons. The lowest BCUT2D eigenvalue weighted by Gasteiger charge is -2.35. The molecule has 39 heavy (non-hydrogen) atoms. The Bertz CT molecular complexity index is 1590. The first-order chi connectivity index (χ1) is 18.9. The first-order valence-electron chi connectivity index (χ1n) is 12.6. The third-order valence-corrected chi connectivity index (χ3v) is 6.82. The van der Waals surface area contributed by atoms with E-state index in [1.807, 2.05) is 30.3 Å². The maximum absolute atomic E-state index is 10.1. The number of rotatable bonds is 7. The van der Waals surface area contributed by atoms with Gasteiger partial charge in [-0.2, -0.15) is 10.4 Å². The monoisotopic (exact) mass is 516 g/mol. The Labute approximate surface area is 228 Å². The molecule has 1 aliphatic rings. The predicted molar refractivity (Wildman–Crippen MR) is 150 cm³/mol. The average Bonchev–Trinajstić information content (AvgIpc) is 3.40. The highest BCUT2D eigenvalue weighted by Crippen LogP contribution is 2.31. The average molecular weight is 517 g/mol. The van der Waals surface area contributed by atoms with E-state index in [-0.39, 0.29) is 6.61 Å². The van der Waals surface area contributed by atoms with E-state index in [9.17, 15) is 10.4 Å². The van der Waals surface area contributed by atoms with Gasteiger partial charge >= 0.3 is 0 Å². The summed E-state index contributed by atoms with van der Waals surface area (Å²) in [6.45, 7) is 5.93. The summed E-state index contributed by atoms with van der Waals surface area (Å²) in [5.74, 6) is 6.33. The molecule has 5 rings (SSSR count). The number of benzene rings is 1. The predicted octanol–water partition coefficient (Wildman–Crippen LogP) is 3.33. The van der Waals surface area contributed by atoms with Crippen LogP contribution in [0.4, 0.5) is 5.82 Å². The highest BCUT2D eigenvalue weighted by Gasteiger charge is 2.21.